The lowest BCUT2D eigenvalue weighted by molar-refractivity contribution is -0.117. The molecule has 2 unspecified atom stereocenters. The molecule has 0 saturated carbocycles. The number of aromatic nitrogens is 2. The van der Waals surface area contributed by atoms with Crippen LogP contribution in [0.5, 0.6) is 11.5 Å². The number of rotatable bonds is 7. The molecule has 3 aromatic rings. The minimum absolute atomic E-state index is 0.284. The zero-order chi connectivity index (χ0) is 29.9. The van der Waals surface area contributed by atoms with E-state index in [9.17, 15) is 9.59 Å². The highest BCUT2D eigenvalue weighted by molar-refractivity contribution is 6.41. The third-order valence-electron chi connectivity index (χ3n) is 6.53. The summed E-state index contributed by atoms with van der Waals surface area (Å²) in [6.45, 7) is 9.71. The highest BCUT2D eigenvalue weighted by atomic mass is 35.5. The monoisotopic (exact) mass is 601 g/mol. The number of carbonyl (C=O) groups excluding carboxylic acids is 2. The summed E-state index contributed by atoms with van der Waals surface area (Å²) in [7, 11) is 3.04. The Morgan fingerprint density at radius 3 is 2.39 bits per heavy atom. The van der Waals surface area contributed by atoms with Gasteiger partial charge in [0.2, 0.25) is 11.9 Å². The number of nitrogens with zero attached hydrogens (tertiary/aromatic N) is 3. The number of anilines is 1. The average Bonchev–Trinajstić information content (AvgIpc) is 2.93. The van der Waals surface area contributed by atoms with E-state index in [1.807, 2.05) is 39.0 Å². The van der Waals surface area contributed by atoms with Gasteiger partial charge < -0.3 is 29.7 Å². The molecule has 10 nitrogen and oxygen atoms in total. The summed E-state index contributed by atoms with van der Waals surface area (Å²) in [6, 6.07) is 6.54. The Labute approximate surface area is 249 Å². The molecule has 1 aliphatic rings. The van der Waals surface area contributed by atoms with Gasteiger partial charge in [0.25, 0.3) is 0 Å². The van der Waals surface area contributed by atoms with Gasteiger partial charge in [-0.15, -0.1) is 0 Å². The predicted octanol–water partition coefficient (Wildman–Crippen LogP) is 5.71. The summed E-state index contributed by atoms with van der Waals surface area (Å²) >= 11 is 13.2. The van der Waals surface area contributed by atoms with Crippen molar-refractivity contribution < 1.29 is 23.8 Å². The summed E-state index contributed by atoms with van der Waals surface area (Å²) in [5.41, 5.74) is 1.35. The van der Waals surface area contributed by atoms with E-state index in [0.29, 0.717) is 51.5 Å². The van der Waals surface area contributed by atoms with Crippen LogP contribution in [0, 0.1) is 0 Å². The zero-order valence-corrected chi connectivity index (χ0v) is 25.1. The maximum absolute atomic E-state index is 12.8. The van der Waals surface area contributed by atoms with Gasteiger partial charge in [-0.3, -0.25) is 4.79 Å². The van der Waals surface area contributed by atoms with E-state index in [2.05, 4.69) is 27.2 Å². The van der Waals surface area contributed by atoms with Crippen molar-refractivity contribution in [3.05, 3.63) is 53.2 Å². The molecule has 41 heavy (non-hydrogen) atoms. The van der Waals surface area contributed by atoms with Crippen LogP contribution < -0.4 is 20.1 Å². The molecule has 2 amide bonds. The molecular formula is C29H33Cl2N5O5. The number of nitrogens with one attached hydrogen (secondary N) is 2. The second-order valence-corrected chi connectivity index (χ2v) is 11.3. The minimum atomic E-state index is -0.626. The largest absolute Gasteiger partial charge is 0.495 e. The third-order valence-corrected chi connectivity index (χ3v) is 7.28. The molecule has 1 aliphatic heterocycles. The first kappa shape index (κ1) is 30.2. The number of hydrogen-bond donors (Lipinski definition) is 2. The zero-order valence-electron chi connectivity index (χ0n) is 23.6. The van der Waals surface area contributed by atoms with Gasteiger partial charge in [0.1, 0.15) is 17.1 Å². The van der Waals surface area contributed by atoms with Crippen molar-refractivity contribution in [2.75, 3.05) is 32.6 Å². The first-order valence-electron chi connectivity index (χ1n) is 13.0. The molecule has 1 saturated heterocycles. The van der Waals surface area contributed by atoms with E-state index in [-0.39, 0.29) is 24.5 Å². The molecule has 4 rings (SSSR count). The van der Waals surface area contributed by atoms with Gasteiger partial charge in [-0.1, -0.05) is 35.8 Å². The quantitative estimate of drug-likeness (QED) is 0.331. The molecule has 1 fully saturated rings. The molecule has 0 aliphatic carbocycles. The van der Waals surface area contributed by atoms with Crippen molar-refractivity contribution in [1.82, 2.24) is 20.2 Å². The molecule has 2 aromatic carbocycles. The molecule has 1 aromatic heterocycles. The topological polar surface area (TPSA) is 115 Å². The van der Waals surface area contributed by atoms with Crippen LogP contribution in [0.3, 0.4) is 0 Å². The van der Waals surface area contributed by atoms with Crippen LogP contribution in [0.25, 0.3) is 22.0 Å². The first-order chi connectivity index (χ1) is 19.4. The first-order valence-corrected chi connectivity index (χ1v) is 13.7. The van der Waals surface area contributed by atoms with Gasteiger partial charge in [-0.25, -0.2) is 14.8 Å². The van der Waals surface area contributed by atoms with Crippen molar-refractivity contribution in [1.29, 1.82) is 0 Å². The van der Waals surface area contributed by atoms with E-state index in [1.54, 1.807) is 17.2 Å². The summed E-state index contributed by atoms with van der Waals surface area (Å²) in [5, 5.41) is 7.70. The number of methoxy groups -OCH3 is 2. The Balaban J connectivity index is 1.62. The number of fused-ring (bicyclic) bond motifs is 1. The van der Waals surface area contributed by atoms with Crippen LogP contribution in [-0.4, -0.2) is 71.9 Å². The average molecular weight is 603 g/mol. The van der Waals surface area contributed by atoms with Gasteiger partial charge in [0.15, 0.2) is 0 Å². The van der Waals surface area contributed by atoms with E-state index in [0.717, 1.165) is 10.9 Å². The molecule has 2 heterocycles. The van der Waals surface area contributed by atoms with Gasteiger partial charge in [-0.05, 0) is 51.0 Å². The van der Waals surface area contributed by atoms with Crippen LogP contribution >= 0.6 is 23.2 Å². The Kier molecular flexibility index (Phi) is 9.14. The van der Waals surface area contributed by atoms with Crippen LogP contribution in [0.1, 0.15) is 27.2 Å². The molecule has 2 N–H and O–H groups in total. The SMILES string of the molecule is C=CC(=O)NC1CCN(C(=O)OC(C)(C)C)CC1Nc1ncc2cc(-c3c(Cl)c(OC)cc(OC)c3Cl)ccc2n1. The number of hydrogen-bond acceptors (Lipinski definition) is 8. The lowest BCUT2D eigenvalue weighted by Crippen LogP contribution is -2.58. The smallest absolute Gasteiger partial charge is 0.410 e. The highest BCUT2D eigenvalue weighted by Crippen LogP contribution is 2.46. The van der Waals surface area contributed by atoms with Crippen molar-refractivity contribution in [3.8, 4) is 22.6 Å². The summed E-state index contributed by atoms with van der Waals surface area (Å²) < 4.78 is 16.4. The maximum atomic E-state index is 12.8. The number of halogens is 2. The molecule has 12 heteroatoms. The van der Waals surface area contributed by atoms with E-state index in [1.165, 1.54) is 20.3 Å². The predicted molar refractivity (Wildman–Crippen MR) is 160 cm³/mol. The van der Waals surface area contributed by atoms with Crippen molar-refractivity contribution >= 4 is 52.1 Å². The summed E-state index contributed by atoms with van der Waals surface area (Å²) in [4.78, 5) is 35.7. The Bertz CT molecular complexity index is 1450. The second kappa shape index (κ2) is 12.4. The fourth-order valence-electron chi connectivity index (χ4n) is 4.57. The lowest BCUT2D eigenvalue weighted by atomic mass is 9.99. The normalized spacial score (nSPS) is 17.1. The number of amides is 2. The number of ether oxygens (including phenoxy) is 3. The fourth-order valence-corrected chi connectivity index (χ4v) is 5.29. The number of carbonyl (C=O) groups is 2. The van der Waals surface area contributed by atoms with Crippen molar-refractivity contribution in [2.24, 2.45) is 0 Å². The van der Waals surface area contributed by atoms with Gasteiger partial charge >= 0.3 is 6.09 Å². The van der Waals surface area contributed by atoms with Crippen molar-refractivity contribution in [2.45, 2.75) is 44.9 Å². The third kappa shape index (κ3) is 6.94. The Morgan fingerprint density at radius 2 is 1.78 bits per heavy atom. The number of benzene rings is 2. The van der Waals surface area contributed by atoms with Crippen LogP contribution in [0.15, 0.2) is 43.1 Å². The summed E-state index contributed by atoms with van der Waals surface area (Å²) in [6.07, 6.45) is 2.99. The van der Waals surface area contributed by atoms with Gasteiger partial charge in [-0.2, -0.15) is 0 Å². The maximum Gasteiger partial charge on any atom is 0.410 e. The minimum Gasteiger partial charge on any atom is -0.495 e. The molecular weight excluding hydrogens is 569 g/mol. The molecule has 2 atom stereocenters. The Hall–Kier alpha value is -3.76. The molecule has 218 valence electrons. The highest BCUT2D eigenvalue weighted by Gasteiger charge is 2.34. The molecule has 0 bridgehead atoms. The molecule has 0 spiro atoms. The van der Waals surface area contributed by atoms with Crippen LogP contribution in [0.2, 0.25) is 10.0 Å². The number of likely N-dealkylation sites (tertiary alicyclic amines) is 1. The second-order valence-electron chi connectivity index (χ2n) is 10.5. The standard InChI is InChI=1S/C29H33Cl2N5O5/c1-7-23(37)33-19-10-11-36(28(38)41-29(2,3)4)15-20(19)35-27-32-14-17-12-16(8-9-18(17)34-27)24-25(30)21(39-5)13-22(40-6)26(24)31/h7-9,12-14,19-20H,1,10-11,15H2,2-6H3,(H,33,37)(H,32,34,35). The fraction of sp³-hybridized carbons (Fsp3) is 0.379. The van der Waals surface area contributed by atoms with Crippen LogP contribution in [0.4, 0.5) is 10.7 Å². The Morgan fingerprint density at radius 1 is 1.10 bits per heavy atom. The van der Waals surface area contributed by atoms with E-state index < -0.39 is 11.7 Å². The molecule has 0 radical (unpaired) electrons. The van der Waals surface area contributed by atoms with Gasteiger partial charge in [0, 0.05) is 36.3 Å². The number of piperidine rings is 1. The van der Waals surface area contributed by atoms with E-state index >= 15 is 0 Å². The van der Waals surface area contributed by atoms with Gasteiger partial charge in [0.05, 0.1) is 41.9 Å². The summed E-state index contributed by atoms with van der Waals surface area (Å²) in [5.74, 6) is 0.916. The lowest BCUT2D eigenvalue weighted by Gasteiger charge is -2.39. The van der Waals surface area contributed by atoms with E-state index in [4.69, 9.17) is 37.4 Å². The van der Waals surface area contributed by atoms with Crippen LogP contribution in [-0.2, 0) is 9.53 Å². The van der Waals surface area contributed by atoms with Crippen molar-refractivity contribution in [3.63, 3.8) is 0 Å².